The normalized spacial score (nSPS) is 10.3. The lowest BCUT2D eigenvalue weighted by Crippen LogP contribution is -2.12. The third-order valence-electron chi connectivity index (χ3n) is 2.42. The Morgan fingerprint density at radius 3 is 2.89 bits per heavy atom. The van der Waals surface area contributed by atoms with Gasteiger partial charge in [-0.1, -0.05) is 24.9 Å². The Morgan fingerprint density at radius 1 is 1.44 bits per heavy atom. The summed E-state index contributed by atoms with van der Waals surface area (Å²) in [6.07, 6.45) is 2.15. The summed E-state index contributed by atoms with van der Waals surface area (Å²) in [6.45, 7) is 3.98. The van der Waals surface area contributed by atoms with Gasteiger partial charge in [-0.15, -0.1) is 0 Å². The van der Waals surface area contributed by atoms with E-state index in [0.29, 0.717) is 23.9 Å². The number of ether oxygens (including phenoxy) is 1. The van der Waals surface area contributed by atoms with Crippen LogP contribution in [0.2, 0.25) is 5.02 Å². The van der Waals surface area contributed by atoms with Crippen molar-refractivity contribution >= 4 is 23.3 Å². The van der Waals surface area contributed by atoms with Crippen LogP contribution in [0.4, 0.5) is 5.69 Å². The first-order valence-electron chi connectivity index (χ1n) is 5.99. The van der Waals surface area contributed by atoms with Gasteiger partial charge in [-0.05, 0) is 24.6 Å². The molecule has 1 aromatic carbocycles. The van der Waals surface area contributed by atoms with Crippen molar-refractivity contribution in [3.05, 3.63) is 28.8 Å². The van der Waals surface area contributed by atoms with E-state index in [1.165, 1.54) is 6.07 Å². The molecule has 0 radical (unpaired) electrons. The first-order valence-corrected chi connectivity index (χ1v) is 6.37. The molecule has 0 saturated heterocycles. The molecule has 0 amide bonds. The van der Waals surface area contributed by atoms with Crippen LogP contribution in [0, 0.1) is 0 Å². The van der Waals surface area contributed by atoms with Crippen LogP contribution < -0.4 is 5.32 Å². The average Bonchev–Trinajstić information content (AvgIpc) is 2.35. The van der Waals surface area contributed by atoms with Crippen molar-refractivity contribution in [1.29, 1.82) is 0 Å². The Balaban J connectivity index is 2.44. The summed E-state index contributed by atoms with van der Waals surface area (Å²) >= 11 is 5.76. The molecule has 0 saturated carbocycles. The van der Waals surface area contributed by atoms with Gasteiger partial charge in [0.1, 0.15) is 0 Å². The summed E-state index contributed by atoms with van der Waals surface area (Å²) in [5.74, 6) is -0.994. The van der Waals surface area contributed by atoms with Crippen molar-refractivity contribution in [2.24, 2.45) is 0 Å². The summed E-state index contributed by atoms with van der Waals surface area (Å²) in [6, 6.07) is 4.76. The molecule has 18 heavy (non-hydrogen) atoms. The van der Waals surface area contributed by atoms with Crippen LogP contribution in [-0.4, -0.2) is 30.8 Å². The summed E-state index contributed by atoms with van der Waals surface area (Å²) in [4.78, 5) is 11.0. The van der Waals surface area contributed by atoms with Crippen LogP contribution in [0.1, 0.15) is 30.1 Å². The fourth-order valence-electron chi connectivity index (χ4n) is 1.45. The predicted molar refractivity (Wildman–Crippen MR) is 72.6 cm³/mol. The van der Waals surface area contributed by atoms with Gasteiger partial charge in [0.25, 0.3) is 0 Å². The first-order chi connectivity index (χ1) is 8.65. The molecule has 1 aromatic rings. The number of hydrogen-bond acceptors (Lipinski definition) is 3. The Hall–Kier alpha value is -1.26. The van der Waals surface area contributed by atoms with E-state index < -0.39 is 5.97 Å². The zero-order chi connectivity index (χ0) is 13.4. The molecule has 100 valence electrons. The second-order valence-electron chi connectivity index (χ2n) is 3.89. The zero-order valence-electron chi connectivity index (χ0n) is 10.4. The Morgan fingerprint density at radius 2 is 2.22 bits per heavy atom. The molecule has 4 nitrogen and oxygen atoms in total. The third-order valence-corrected chi connectivity index (χ3v) is 2.65. The van der Waals surface area contributed by atoms with E-state index in [9.17, 15) is 4.79 Å². The average molecular weight is 272 g/mol. The maximum absolute atomic E-state index is 11.0. The topological polar surface area (TPSA) is 58.6 Å². The molecule has 0 aromatic heterocycles. The van der Waals surface area contributed by atoms with Crippen molar-refractivity contribution in [2.75, 3.05) is 25.1 Å². The molecule has 2 N–H and O–H groups in total. The highest BCUT2D eigenvalue weighted by molar-refractivity contribution is 6.31. The fraction of sp³-hybridized carbons (Fsp3) is 0.462. The van der Waals surface area contributed by atoms with Gasteiger partial charge in [0, 0.05) is 23.9 Å². The second kappa shape index (κ2) is 7.95. The number of halogens is 1. The van der Waals surface area contributed by atoms with Crippen molar-refractivity contribution in [1.82, 2.24) is 0 Å². The minimum absolute atomic E-state index is 0.177. The smallest absolute Gasteiger partial charge is 0.337 e. The number of rotatable bonds is 8. The number of nitrogens with one attached hydrogen (secondary N) is 1. The summed E-state index contributed by atoms with van der Waals surface area (Å²) < 4.78 is 5.38. The van der Waals surface area contributed by atoms with Crippen molar-refractivity contribution < 1.29 is 14.6 Å². The van der Waals surface area contributed by atoms with Crippen molar-refractivity contribution in [2.45, 2.75) is 19.8 Å². The molecular formula is C13H18ClNO3. The van der Waals surface area contributed by atoms with Gasteiger partial charge in [-0.3, -0.25) is 0 Å². The molecule has 0 atom stereocenters. The van der Waals surface area contributed by atoms with Gasteiger partial charge in [0.05, 0.1) is 12.2 Å². The van der Waals surface area contributed by atoms with Gasteiger partial charge in [-0.2, -0.15) is 0 Å². The van der Waals surface area contributed by atoms with Gasteiger partial charge in [0.2, 0.25) is 0 Å². The van der Waals surface area contributed by atoms with E-state index in [4.69, 9.17) is 21.4 Å². The number of carboxylic acids is 1. The maximum atomic E-state index is 11.0. The van der Waals surface area contributed by atoms with Crippen LogP contribution in [0.15, 0.2) is 18.2 Å². The lowest BCUT2D eigenvalue weighted by atomic mass is 10.2. The SMILES string of the molecule is CCCCOCCNc1ccc(Cl)cc1C(=O)O. The van der Waals surface area contributed by atoms with Crippen LogP contribution in [0.5, 0.6) is 0 Å². The van der Waals surface area contributed by atoms with Gasteiger partial charge >= 0.3 is 5.97 Å². The van der Waals surface area contributed by atoms with Crippen LogP contribution >= 0.6 is 11.6 Å². The number of hydrogen-bond donors (Lipinski definition) is 2. The number of unbranched alkanes of at least 4 members (excludes halogenated alkanes) is 1. The zero-order valence-corrected chi connectivity index (χ0v) is 11.2. The lowest BCUT2D eigenvalue weighted by molar-refractivity contribution is 0.0697. The standard InChI is InChI=1S/C13H18ClNO3/c1-2-3-7-18-8-6-15-12-5-4-10(14)9-11(12)13(16)17/h4-5,9,15H,2-3,6-8H2,1H3,(H,16,17). The highest BCUT2D eigenvalue weighted by atomic mass is 35.5. The lowest BCUT2D eigenvalue weighted by Gasteiger charge is -2.10. The summed E-state index contributed by atoms with van der Waals surface area (Å²) in [5.41, 5.74) is 0.738. The fourth-order valence-corrected chi connectivity index (χ4v) is 1.63. The van der Waals surface area contributed by atoms with E-state index >= 15 is 0 Å². The number of anilines is 1. The monoisotopic (exact) mass is 271 g/mol. The van der Waals surface area contributed by atoms with Gasteiger partial charge < -0.3 is 15.2 Å². The number of carboxylic acid groups (broad SMARTS) is 1. The molecule has 0 fully saturated rings. The minimum Gasteiger partial charge on any atom is -0.478 e. The van der Waals surface area contributed by atoms with Gasteiger partial charge in [0.15, 0.2) is 0 Å². The molecule has 0 unspecified atom stereocenters. The van der Waals surface area contributed by atoms with Crippen molar-refractivity contribution in [3.63, 3.8) is 0 Å². The van der Waals surface area contributed by atoms with Gasteiger partial charge in [-0.25, -0.2) is 4.79 Å². The van der Waals surface area contributed by atoms with Crippen LogP contribution in [-0.2, 0) is 4.74 Å². The molecule has 0 aliphatic heterocycles. The Bertz CT molecular complexity index is 396. The van der Waals surface area contributed by atoms with E-state index in [0.717, 1.165) is 19.4 Å². The molecule has 0 aliphatic rings. The summed E-state index contributed by atoms with van der Waals surface area (Å²) in [7, 11) is 0. The Labute approximate surface area is 112 Å². The number of aromatic carboxylic acids is 1. The largest absolute Gasteiger partial charge is 0.478 e. The highest BCUT2D eigenvalue weighted by Gasteiger charge is 2.09. The predicted octanol–water partition coefficient (Wildman–Crippen LogP) is 3.27. The third kappa shape index (κ3) is 4.94. The molecule has 0 aliphatic carbocycles. The molecule has 0 spiro atoms. The van der Waals surface area contributed by atoms with Crippen LogP contribution in [0.25, 0.3) is 0 Å². The number of benzene rings is 1. The van der Waals surface area contributed by atoms with E-state index in [1.807, 2.05) is 0 Å². The van der Waals surface area contributed by atoms with E-state index in [1.54, 1.807) is 12.1 Å². The summed E-state index contributed by atoms with van der Waals surface area (Å²) in [5, 5.41) is 12.5. The molecular weight excluding hydrogens is 254 g/mol. The molecule has 5 heteroatoms. The first kappa shape index (κ1) is 14.8. The van der Waals surface area contributed by atoms with Crippen molar-refractivity contribution in [3.8, 4) is 0 Å². The Kier molecular flexibility index (Phi) is 6.54. The number of carbonyl (C=O) groups is 1. The quantitative estimate of drug-likeness (QED) is 0.713. The molecule has 0 bridgehead atoms. The van der Waals surface area contributed by atoms with Crippen LogP contribution in [0.3, 0.4) is 0 Å². The van der Waals surface area contributed by atoms with E-state index in [-0.39, 0.29) is 5.56 Å². The minimum atomic E-state index is -0.994. The maximum Gasteiger partial charge on any atom is 0.337 e. The second-order valence-corrected chi connectivity index (χ2v) is 4.32. The highest BCUT2D eigenvalue weighted by Crippen LogP contribution is 2.20. The molecule has 0 heterocycles. The molecule has 1 rings (SSSR count). The van der Waals surface area contributed by atoms with E-state index in [2.05, 4.69) is 12.2 Å².